The zero-order chi connectivity index (χ0) is 15.5. The summed E-state index contributed by atoms with van der Waals surface area (Å²) < 4.78 is 36.2. The van der Waals surface area contributed by atoms with Crippen LogP contribution in [-0.4, -0.2) is 41.1 Å². The van der Waals surface area contributed by atoms with Gasteiger partial charge < -0.3 is 4.74 Å². The molecule has 2 aliphatic heterocycles. The van der Waals surface area contributed by atoms with Crippen molar-refractivity contribution in [2.24, 2.45) is 5.41 Å². The van der Waals surface area contributed by atoms with Gasteiger partial charge in [-0.3, -0.25) is 0 Å². The number of hydrogen-bond acceptors (Lipinski definition) is 5. The van der Waals surface area contributed by atoms with Gasteiger partial charge in [-0.2, -0.15) is 10.2 Å². The van der Waals surface area contributed by atoms with Gasteiger partial charge in [0.25, 0.3) is 10.0 Å². The Morgan fingerprint density at radius 1 is 1.23 bits per heavy atom. The summed E-state index contributed by atoms with van der Waals surface area (Å²) in [5, 5.41) is 8.30. The SMILES string of the molecule is CC1(C)COc2c(S(=O)(=O)N3CCn4nccc43)cnn2C1. The summed E-state index contributed by atoms with van der Waals surface area (Å²) >= 11 is 0. The largest absolute Gasteiger partial charge is 0.476 e. The summed E-state index contributed by atoms with van der Waals surface area (Å²) in [5.74, 6) is 0.911. The van der Waals surface area contributed by atoms with Crippen LogP contribution in [0.2, 0.25) is 0 Å². The molecule has 2 aromatic heterocycles. The topological polar surface area (TPSA) is 82.2 Å². The lowest BCUT2D eigenvalue weighted by Crippen LogP contribution is -2.34. The van der Waals surface area contributed by atoms with Crippen molar-refractivity contribution in [2.75, 3.05) is 17.5 Å². The average molecular weight is 323 g/mol. The number of nitrogens with zero attached hydrogens (tertiary/aromatic N) is 5. The summed E-state index contributed by atoms with van der Waals surface area (Å²) in [6, 6.07) is 1.70. The number of fused-ring (bicyclic) bond motifs is 2. The molecule has 0 amide bonds. The van der Waals surface area contributed by atoms with Crippen molar-refractivity contribution in [3.05, 3.63) is 18.5 Å². The summed E-state index contributed by atoms with van der Waals surface area (Å²) in [7, 11) is -3.69. The highest BCUT2D eigenvalue weighted by Crippen LogP contribution is 2.36. The molecule has 0 radical (unpaired) electrons. The molecule has 22 heavy (non-hydrogen) atoms. The molecule has 0 fully saturated rings. The molecule has 0 unspecified atom stereocenters. The van der Waals surface area contributed by atoms with Gasteiger partial charge in [0.2, 0.25) is 5.88 Å². The van der Waals surface area contributed by atoms with Crippen molar-refractivity contribution in [1.82, 2.24) is 19.6 Å². The number of sulfonamides is 1. The van der Waals surface area contributed by atoms with E-state index in [1.165, 1.54) is 10.5 Å². The molecular weight excluding hydrogens is 306 g/mol. The molecule has 4 heterocycles. The Bertz CT molecular complexity index is 836. The Labute approximate surface area is 128 Å². The first kappa shape index (κ1) is 13.6. The van der Waals surface area contributed by atoms with Crippen molar-refractivity contribution in [3.63, 3.8) is 0 Å². The van der Waals surface area contributed by atoms with Crippen LogP contribution in [0.4, 0.5) is 5.82 Å². The van der Waals surface area contributed by atoms with Crippen molar-refractivity contribution < 1.29 is 13.2 Å². The number of rotatable bonds is 2. The van der Waals surface area contributed by atoms with Gasteiger partial charge in [-0.15, -0.1) is 0 Å². The predicted octanol–water partition coefficient (Wildman–Crippen LogP) is 0.707. The third-order valence-corrected chi connectivity index (χ3v) is 5.76. The van der Waals surface area contributed by atoms with E-state index in [1.54, 1.807) is 21.6 Å². The number of anilines is 1. The Kier molecular flexibility index (Phi) is 2.63. The van der Waals surface area contributed by atoms with E-state index >= 15 is 0 Å². The van der Waals surface area contributed by atoms with E-state index < -0.39 is 10.0 Å². The quantitative estimate of drug-likeness (QED) is 0.813. The van der Waals surface area contributed by atoms with Crippen LogP contribution in [0.25, 0.3) is 0 Å². The first-order valence-electron chi connectivity index (χ1n) is 7.12. The molecule has 0 aromatic carbocycles. The van der Waals surface area contributed by atoms with Crippen molar-refractivity contribution in [3.8, 4) is 5.88 Å². The van der Waals surface area contributed by atoms with Crippen LogP contribution in [0.15, 0.2) is 23.4 Å². The number of ether oxygens (including phenoxy) is 1. The molecule has 0 bridgehead atoms. The fourth-order valence-electron chi connectivity index (χ4n) is 2.88. The van der Waals surface area contributed by atoms with Crippen LogP contribution in [0.5, 0.6) is 5.88 Å². The van der Waals surface area contributed by atoms with Gasteiger partial charge in [0, 0.05) is 11.5 Å². The Morgan fingerprint density at radius 2 is 2.05 bits per heavy atom. The van der Waals surface area contributed by atoms with Gasteiger partial charge in [-0.1, -0.05) is 13.8 Å². The molecule has 0 saturated carbocycles. The molecular formula is C13H17N5O3S. The molecule has 9 heteroatoms. The minimum Gasteiger partial charge on any atom is -0.476 e. The van der Waals surface area contributed by atoms with E-state index in [9.17, 15) is 8.42 Å². The van der Waals surface area contributed by atoms with Crippen molar-refractivity contribution >= 4 is 15.8 Å². The second kappa shape index (κ2) is 4.25. The highest BCUT2D eigenvalue weighted by molar-refractivity contribution is 7.93. The van der Waals surface area contributed by atoms with E-state index in [4.69, 9.17) is 4.74 Å². The number of aromatic nitrogens is 4. The maximum Gasteiger partial charge on any atom is 0.272 e. The van der Waals surface area contributed by atoms with E-state index in [0.717, 1.165) is 0 Å². The van der Waals surface area contributed by atoms with Crippen LogP contribution in [-0.2, 0) is 23.1 Å². The molecule has 4 rings (SSSR count). The highest BCUT2D eigenvalue weighted by atomic mass is 32.2. The summed E-state index contributed by atoms with van der Waals surface area (Å²) in [6.07, 6.45) is 2.98. The predicted molar refractivity (Wildman–Crippen MR) is 78.3 cm³/mol. The molecule has 2 aromatic rings. The molecule has 0 aliphatic carbocycles. The Balaban J connectivity index is 1.76. The third kappa shape index (κ3) is 1.84. The lowest BCUT2D eigenvalue weighted by molar-refractivity contribution is 0.0971. The molecule has 0 atom stereocenters. The molecule has 0 saturated heterocycles. The zero-order valence-electron chi connectivity index (χ0n) is 12.4. The zero-order valence-corrected chi connectivity index (χ0v) is 13.2. The second-order valence-corrected chi connectivity index (χ2v) is 8.24. The maximum atomic E-state index is 12.9. The average Bonchev–Trinajstić information content (AvgIpc) is 3.10. The summed E-state index contributed by atoms with van der Waals surface area (Å²) in [6.45, 7) is 6.16. The van der Waals surface area contributed by atoms with Crippen LogP contribution in [0.3, 0.4) is 0 Å². The fraction of sp³-hybridized carbons (Fsp3) is 0.538. The monoisotopic (exact) mass is 323 g/mol. The van der Waals surface area contributed by atoms with E-state index in [-0.39, 0.29) is 10.3 Å². The van der Waals surface area contributed by atoms with E-state index in [1.807, 2.05) is 0 Å². The third-order valence-electron chi connectivity index (χ3n) is 3.97. The summed E-state index contributed by atoms with van der Waals surface area (Å²) in [5.41, 5.74) is -0.0632. The molecule has 8 nitrogen and oxygen atoms in total. The van der Waals surface area contributed by atoms with Crippen LogP contribution >= 0.6 is 0 Å². The van der Waals surface area contributed by atoms with Crippen LogP contribution < -0.4 is 9.04 Å². The van der Waals surface area contributed by atoms with Gasteiger partial charge >= 0.3 is 0 Å². The van der Waals surface area contributed by atoms with E-state index in [2.05, 4.69) is 24.0 Å². The van der Waals surface area contributed by atoms with Gasteiger partial charge in [0.05, 0.1) is 38.6 Å². The second-order valence-electron chi connectivity index (χ2n) is 6.41. The maximum absolute atomic E-state index is 12.9. The smallest absolute Gasteiger partial charge is 0.272 e. The van der Waals surface area contributed by atoms with Gasteiger partial charge in [-0.25, -0.2) is 22.1 Å². The fourth-order valence-corrected chi connectivity index (χ4v) is 4.41. The van der Waals surface area contributed by atoms with E-state index in [0.29, 0.717) is 37.9 Å². The van der Waals surface area contributed by atoms with Crippen LogP contribution in [0, 0.1) is 5.41 Å². The lowest BCUT2D eigenvalue weighted by Gasteiger charge is -2.30. The Hall–Kier alpha value is -2.03. The lowest BCUT2D eigenvalue weighted by atomic mass is 9.94. The van der Waals surface area contributed by atoms with Gasteiger partial charge in [0.15, 0.2) is 4.90 Å². The van der Waals surface area contributed by atoms with Crippen LogP contribution in [0.1, 0.15) is 13.8 Å². The van der Waals surface area contributed by atoms with Gasteiger partial charge in [-0.05, 0) is 0 Å². The minimum absolute atomic E-state index is 0.0632. The normalized spacial score (nSPS) is 19.6. The van der Waals surface area contributed by atoms with Gasteiger partial charge in [0.1, 0.15) is 5.82 Å². The molecule has 0 N–H and O–H groups in total. The van der Waals surface area contributed by atoms with Crippen molar-refractivity contribution in [2.45, 2.75) is 31.8 Å². The molecule has 2 aliphatic rings. The minimum atomic E-state index is -3.69. The number of hydrogen-bond donors (Lipinski definition) is 0. The summed E-state index contributed by atoms with van der Waals surface area (Å²) in [4.78, 5) is 0.123. The van der Waals surface area contributed by atoms with Crippen molar-refractivity contribution in [1.29, 1.82) is 0 Å². The highest BCUT2D eigenvalue weighted by Gasteiger charge is 2.38. The molecule has 0 spiro atoms. The molecule has 118 valence electrons. The first-order chi connectivity index (χ1) is 10.4. The standard InChI is InChI=1S/C13H17N5O3S/c1-13(2)8-17-12(21-9-13)10(7-15-17)22(19,20)18-6-5-16-11(18)3-4-14-16/h3-4,7H,5-6,8-9H2,1-2H3. The first-order valence-corrected chi connectivity index (χ1v) is 8.56. The Morgan fingerprint density at radius 3 is 2.86 bits per heavy atom.